The van der Waals surface area contributed by atoms with E-state index in [4.69, 9.17) is 9.47 Å². The fraction of sp³-hybridized carbons (Fsp3) is 0.391. The van der Waals surface area contributed by atoms with Crippen molar-refractivity contribution < 1.29 is 9.47 Å². The van der Waals surface area contributed by atoms with Gasteiger partial charge in [0.25, 0.3) is 5.56 Å². The van der Waals surface area contributed by atoms with Crippen LogP contribution in [0.5, 0.6) is 11.5 Å². The summed E-state index contributed by atoms with van der Waals surface area (Å²) in [5.41, 5.74) is 5.74. The van der Waals surface area contributed by atoms with E-state index in [1.54, 1.807) is 0 Å². The number of hydrogen-bond donors (Lipinski definition) is 1. The zero-order chi connectivity index (χ0) is 20.7. The van der Waals surface area contributed by atoms with E-state index in [2.05, 4.69) is 38.8 Å². The Labute approximate surface area is 175 Å². The Morgan fingerprint density at radius 2 is 1.63 bits per heavy atom. The molecule has 0 unspecified atom stereocenters. The monoisotopic (exact) mass is 406 g/mol. The molecule has 1 aromatic heterocycles. The van der Waals surface area contributed by atoms with Crippen molar-refractivity contribution in [3.8, 4) is 11.5 Å². The molecule has 0 aliphatic carbocycles. The largest absolute Gasteiger partial charge is 0.454 e. The van der Waals surface area contributed by atoms with E-state index in [1.165, 1.54) is 11.1 Å². The van der Waals surface area contributed by atoms with E-state index in [-0.39, 0.29) is 5.56 Å². The number of nitrogens with zero attached hydrogens (tertiary/aromatic N) is 3. The van der Waals surface area contributed by atoms with Gasteiger partial charge in [-0.2, -0.15) is 0 Å². The number of aromatic amines is 1. The summed E-state index contributed by atoms with van der Waals surface area (Å²) in [5.74, 6) is 1.65. The first-order valence-electron chi connectivity index (χ1n) is 10.4. The van der Waals surface area contributed by atoms with Crippen molar-refractivity contribution in [1.29, 1.82) is 0 Å². The summed E-state index contributed by atoms with van der Waals surface area (Å²) in [6.45, 7) is 9.63. The van der Waals surface area contributed by atoms with Crippen LogP contribution in [-0.4, -0.2) is 52.7 Å². The predicted octanol–water partition coefficient (Wildman–Crippen LogP) is 2.59. The molecule has 156 valence electrons. The molecule has 0 atom stereocenters. The minimum atomic E-state index is -0.0893. The maximum Gasteiger partial charge on any atom is 0.271 e. The molecule has 3 aromatic rings. The highest BCUT2D eigenvalue weighted by Gasteiger charge is 2.20. The number of aromatic nitrogens is 2. The zero-order valence-electron chi connectivity index (χ0n) is 17.4. The van der Waals surface area contributed by atoms with Gasteiger partial charge in [-0.05, 0) is 54.8 Å². The van der Waals surface area contributed by atoms with Crippen molar-refractivity contribution in [2.75, 3.05) is 33.0 Å². The molecule has 1 saturated heterocycles. The number of aryl methyl sites for hydroxylation is 2. The maximum atomic E-state index is 12.5. The van der Waals surface area contributed by atoms with Gasteiger partial charge in [0.05, 0.1) is 11.0 Å². The van der Waals surface area contributed by atoms with Gasteiger partial charge in [-0.25, -0.2) is 4.98 Å². The second-order valence-electron chi connectivity index (χ2n) is 8.21. The third-order valence-corrected chi connectivity index (χ3v) is 6.06. The van der Waals surface area contributed by atoms with Gasteiger partial charge >= 0.3 is 0 Å². The molecular weight excluding hydrogens is 380 g/mol. The molecule has 0 amide bonds. The fourth-order valence-electron chi connectivity index (χ4n) is 4.11. The molecule has 1 N–H and O–H groups in total. The summed E-state index contributed by atoms with van der Waals surface area (Å²) in [5, 5.41) is 0. The Hall–Kier alpha value is -2.90. The number of benzene rings is 2. The van der Waals surface area contributed by atoms with Crippen molar-refractivity contribution in [3.63, 3.8) is 0 Å². The molecule has 7 heteroatoms. The lowest BCUT2D eigenvalue weighted by atomic mass is 10.1. The van der Waals surface area contributed by atoms with Crippen LogP contribution in [0.2, 0.25) is 0 Å². The molecule has 2 aromatic carbocycles. The van der Waals surface area contributed by atoms with Crippen LogP contribution in [0.25, 0.3) is 11.0 Å². The molecule has 0 bridgehead atoms. The first-order chi connectivity index (χ1) is 14.5. The number of piperazine rings is 1. The van der Waals surface area contributed by atoms with Crippen LogP contribution in [-0.2, 0) is 13.1 Å². The molecule has 2 aliphatic heterocycles. The third-order valence-electron chi connectivity index (χ3n) is 6.06. The molecule has 3 heterocycles. The van der Waals surface area contributed by atoms with E-state index in [9.17, 15) is 4.79 Å². The first kappa shape index (κ1) is 19.1. The summed E-state index contributed by atoms with van der Waals surface area (Å²) in [7, 11) is 0. The lowest BCUT2D eigenvalue weighted by Gasteiger charge is -2.34. The number of H-pyrrole nitrogens is 1. The topological polar surface area (TPSA) is 70.7 Å². The highest BCUT2D eigenvalue weighted by atomic mass is 16.7. The molecule has 7 nitrogen and oxygen atoms in total. The summed E-state index contributed by atoms with van der Waals surface area (Å²) in [6.07, 6.45) is 0. The standard InChI is InChI=1S/C23H26N4O3/c1-15-9-18-19(10-16(15)2)25-23(28)20(24-18)13-27-7-5-26(6-8-27)12-17-3-4-21-22(11-17)30-14-29-21/h3-4,9-11H,5-8,12-14H2,1-2H3,(H,25,28). The van der Waals surface area contributed by atoms with E-state index in [0.717, 1.165) is 60.8 Å². The van der Waals surface area contributed by atoms with Crippen molar-refractivity contribution in [2.24, 2.45) is 0 Å². The Balaban J connectivity index is 1.22. The molecule has 0 spiro atoms. The number of ether oxygens (including phenoxy) is 2. The van der Waals surface area contributed by atoms with Gasteiger partial charge in [0, 0.05) is 39.3 Å². The smallest absolute Gasteiger partial charge is 0.271 e. The Morgan fingerprint density at radius 1 is 0.933 bits per heavy atom. The quantitative estimate of drug-likeness (QED) is 0.718. The molecule has 5 rings (SSSR count). The second-order valence-corrected chi connectivity index (χ2v) is 8.21. The zero-order valence-corrected chi connectivity index (χ0v) is 17.4. The fourth-order valence-corrected chi connectivity index (χ4v) is 4.11. The summed E-state index contributed by atoms with van der Waals surface area (Å²) in [6, 6.07) is 10.2. The van der Waals surface area contributed by atoms with E-state index in [1.807, 2.05) is 25.1 Å². The average Bonchev–Trinajstić information content (AvgIpc) is 3.19. The van der Waals surface area contributed by atoms with E-state index >= 15 is 0 Å². The van der Waals surface area contributed by atoms with Gasteiger partial charge in [-0.1, -0.05) is 6.07 Å². The SMILES string of the molecule is Cc1cc2nc(CN3CCN(Cc4ccc5c(c4)OCO5)CC3)c(=O)[nH]c2cc1C. The number of hydrogen-bond acceptors (Lipinski definition) is 6. The number of rotatable bonds is 4. The van der Waals surface area contributed by atoms with Crippen LogP contribution >= 0.6 is 0 Å². The number of fused-ring (bicyclic) bond motifs is 2. The lowest BCUT2D eigenvalue weighted by molar-refractivity contribution is 0.120. The number of nitrogens with one attached hydrogen (secondary N) is 1. The van der Waals surface area contributed by atoms with Gasteiger partial charge in [0.2, 0.25) is 6.79 Å². The minimum Gasteiger partial charge on any atom is -0.454 e. The third kappa shape index (κ3) is 3.78. The summed E-state index contributed by atoms with van der Waals surface area (Å²) >= 11 is 0. The Kier molecular flexibility index (Phi) is 4.92. The Bertz CT molecular complexity index is 1150. The lowest BCUT2D eigenvalue weighted by Crippen LogP contribution is -2.46. The molecule has 0 saturated carbocycles. The predicted molar refractivity (Wildman–Crippen MR) is 115 cm³/mol. The summed E-state index contributed by atoms with van der Waals surface area (Å²) in [4.78, 5) is 24.9. The Morgan fingerprint density at radius 3 is 2.43 bits per heavy atom. The summed E-state index contributed by atoms with van der Waals surface area (Å²) < 4.78 is 10.9. The van der Waals surface area contributed by atoms with Gasteiger partial charge in [-0.15, -0.1) is 0 Å². The van der Waals surface area contributed by atoms with Crippen LogP contribution < -0.4 is 15.0 Å². The van der Waals surface area contributed by atoms with E-state index < -0.39 is 0 Å². The van der Waals surface area contributed by atoms with Crippen molar-refractivity contribution >= 4 is 11.0 Å². The highest BCUT2D eigenvalue weighted by molar-refractivity contribution is 5.76. The van der Waals surface area contributed by atoms with E-state index in [0.29, 0.717) is 19.0 Å². The molecule has 2 aliphatic rings. The van der Waals surface area contributed by atoms with Gasteiger partial charge < -0.3 is 14.5 Å². The van der Waals surface area contributed by atoms with Crippen LogP contribution in [0.15, 0.2) is 35.1 Å². The molecule has 30 heavy (non-hydrogen) atoms. The maximum absolute atomic E-state index is 12.5. The first-order valence-corrected chi connectivity index (χ1v) is 10.4. The van der Waals surface area contributed by atoms with Crippen molar-refractivity contribution in [3.05, 3.63) is 63.1 Å². The second kappa shape index (κ2) is 7.74. The molecule has 0 radical (unpaired) electrons. The van der Waals surface area contributed by atoms with Crippen LogP contribution in [0, 0.1) is 13.8 Å². The van der Waals surface area contributed by atoms with Crippen molar-refractivity contribution in [2.45, 2.75) is 26.9 Å². The van der Waals surface area contributed by atoms with Crippen molar-refractivity contribution in [1.82, 2.24) is 19.8 Å². The van der Waals surface area contributed by atoms with Crippen LogP contribution in [0.3, 0.4) is 0 Å². The van der Waals surface area contributed by atoms with Gasteiger partial charge in [0.15, 0.2) is 11.5 Å². The average molecular weight is 406 g/mol. The molecule has 1 fully saturated rings. The van der Waals surface area contributed by atoms with Crippen LogP contribution in [0.1, 0.15) is 22.4 Å². The highest BCUT2D eigenvalue weighted by Crippen LogP contribution is 2.32. The van der Waals surface area contributed by atoms with Gasteiger partial charge in [0.1, 0.15) is 5.69 Å². The minimum absolute atomic E-state index is 0.0893. The normalized spacial score (nSPS) is 17.0. The van der Waals surface area contributed by atoms with Crippen LogP contribution in [0.4, 0.5) is 0 Å². The molecular formula is C23H26N4O3. The van der Waals surface area contributed by atoms with Gasteiger partial charge in [-0.3, -0.25) is 14.6 Å².